The van der Waals surface area contributed by atoms with Gasteiger partial charge in [-0.25, -0.2) is 0 Å². The average molecular weight is 326 g/mol. The van der Waals surface area contributed by atoms with Crippen molar-refractivity contribution in [2.24, 2.45) is 0 Å². The van der Waals surface area contributed by atoms with Crippen molar-refractivity contribution in [2.45, 2.75) is 56.7 Å². The van der Waals surface area contributed by atoms with Crippen LogP contribution in [-0.2, 0) is 4.74 Å². The molecule has 0 amide bonds. The van der Waals surface area contributed by atoms with Crippen LogP contribution in [0.25, 0.3) is 0 Å². The van der Waals surface area contributed by atoms with Gasteiger partial charge >= 0.3 is 0 Å². The third-order valence-corrected chi connectivity index (χ3v) is 4.65. The standard InChI is InChI=1S/C15H20BrNO2/c16-12-8-14(10-17-9-12)18-11-13-4-7-15(19-13)5-2-1-3-6-15/h8-10,13H,1-7,11H2. The molecular formula is C15H20BrNO2. The van der Waals surface area contributed by atoms with E-state index in [9.17, 15) is 0 Å². The van der Waals surface area contributed by atoms with Crippen molar-refractivity contribution >= 4 is 15.9 Å². The van der Waals surface area contributed by atoms with Crippen LogP contribution >= 0.6 is 15.9 Å². The van der Waals surface area contributed by atoms with Gasteiger partial charge in [-0.15, -0.1) is 0 Å². The summed E-state index contributed by atoms with van der Waals surface area (Å²) >= 11 is 3.40. The fraction of sp³-hybridized carbons (Fsp3) is 0.667. The molecule has 0 aromatic carbocycles. The van der Waals surface area contributed by atoms with E-state index in [0.717, 1.165) is 16.6 Å². The van der Waals surface area contributed by atoms with Crippen molar-refractivity contribution in [2.75, 3.05) is 6.61 Å². The van der Waals surface area contributed by atoms with Gasteiger partial charge in [-0.05, 0) is 47.7 Å². The molecule has 1 spiro atoms. The molecule has 3 nitrogen and oxygen atoms in total. The van der Waals surface area contributed by atoms with Crippen LogP contribution < -0.4 is 4.74 Å². The van der Waals surface area contributed by atoms with Gasteiger partial charge in [0, 0.05) is 10.7 Å². The van der Waals surface area contributed by atoms with E-state index in [1.54, 1.807) is 12.4 Å². The second-order valence-corrected chi connectivity index (χ2v) is 6.59. The molecule has 19 heavy (non-hydrogen) atoms. The summed E-state index contributed by atoms with van der Waals surface area (Å²) in [6, 6.07) is 1.94. The van der Waals surface area contributed by atoms with Crippen molar-refractivity contribution in [1.82, 2.24) is 4.98 Å². The second kappa shape index (κ2) is 5.80. The maximum absolute atomic E-state index is 6.28. The van der Waals surface area contributed by atoms with Crippen LogP contribution in [0.15, 0.2) is 22.9 Å². The second-order valence-electron chi connectivity index (χ2n) is 5.67. The number of rotatable bonds is 3. The molecule has 0 bridgehead atoms. The first-order valence-corrected chi connectivity index (χ1v) is 7.96. The van der Waals surface area contributed by atoms with Crippen LogP contribution in [0.1, 0.15) is 44.9 Å². The van der Waals surface area contributed by atoms with Gasteiger partial charge in [-0.2, -0.15) is 0 Å². The minimum Gasteiger partial charge on any atom is -0.489 e. The zero-order chi connectivity index (χ0) is 13.1. The van der Waals surface area contributed by atoms with Crippen LogP contribution in [-0.4, -0.2) is 23.3 Å². The first-order chi connectivity index (χ1) is 9.26. The maximum atomic E-state index is 6.28. The molecular weight excluding hydrogens is 306 g/mol. The minimum absolute atomic E-state index is 0.182. The fourth-order valence-corrected chi connectivity index (χ4v) is 3.58. The Balaban J connectivity index is 1.52. The molecule has 1 aromatic rings. The Morgan fingerprint density at radius 1 is 1.26 bits per heavy atom. The highest BCUT2D eigenvalue weighted by atomic mass is 79.9. The van der Waals surface area contributed by atoms with Crippen LogP contribution in [0.4, 0.5) is 0 Å². The van der Waals surface area contributed by atoms with E-state index in [2.05, 4.69) is 20.9 Å². The Morgan fingerprint density at radius 3 is 2.89 bits per heavy atom. The van der Waals surface area contributed by atoms with Crippen molar-refractivity contribution < 1.29 is 9.47 Å². The lowest BCUT2D eigenvalue weighted by Gasteiger charge is -2.33. The average Bonchev–Trinajstić information content (AvgIpc) is 2.80. The van der Waals surface area contributed by atoms with E-state index in [1.807, 2.05) is 6.07 Å². The molecule has 2 aliphatic rings. The summed E-state index contributed by atoms with van der Waals surface area (Å²) in [7, 11) is 0. The number of hydrogen-bond acceptors (Lipinski definition) is 3. The van der Waals surface area contributed by atoms with Crippen molar-refractivity contribution in [1.29, 1.82) is 0 Å². The lowest BCUT2D eigenvalue weighted by atomic mass is 9.83. The number of halogens is 1. The third kappa shape index (κ3) is 3.29. The Kier molecular flexibility index (Phi) is 4.08. The van der Waals surface area contributed by atoms with Crippen molar-refractivity contribution in [3.8, 4) is 5.75 Å². The summed E-state index contributed by atoms with van der Waals surface area (Å²) in [6.07, 6.45) is 12.6. The van der Waals surface area contributed by atoms with E-state index in [0.29, 0.717) is 6.61 Å². The fourth-order valence-electron chi connectivity index (χ4n) is 3.24. The highest BCUT2D eigenvalue weighted by molar-refractivity contribution is 9.10. The number of aromatic nitrogens is 1. The molecule has 104 valence electrons. The summed E-state index contributed by atoms with van der Waals surface area (Å²) in [6.45, 7) is 0.639. The van der Waals surface area contributed by atoms with Crippen LogP contribution in [0.2, 0.25) is 0 Å². The number of hydrogen-bond donors (Lipinski definition) is 0. The van der Waals surface area contributed by atoms with E-state index >= 15 is 0 Å². The van der Waals surface area contributed by atoms with E-state index in [1.165, 1.54) is 38.5 Å². The molecule has 1 aromatic heterocycles. The largest absolute Gasteiger partial charge is 0.489 e. The minimum atomic E-state index is 0.182. The molecule has 2 heterocycles. The van der Waals surface area contributed by atoms with Crippen molar-refractivity contribution in [3.63, 3.8) is 0 Å². The predicted octanol–water partition coefficient (Wildman–Crippen LogP) is 4.10. The Hall–Kier alpha value is -0.610. The van der Waals surface area contributed by atoms with Gasteiger partial charge in [-0.1, -0.05) is 19.3 Å². The van der Waals surface area contributed by atoms with Gasteiger partial charge in [0.15, 0.2) is 0 Å². The summed E-state index contributed by atoms with van der Waals surface area (Å²) in [5, 5.41) is 0. The smallest absolute Gasteiger partial charge is 0.138 e. The van der Waals surface area contributed by atoms with Gasteiger partial charge in [0.2, 0.25) is 0 Å². The maximum Gasteiger partial charge on any atom is 0.138 e. The lowest BCUT2D eigenvalue weighted by Crippen LogP contribution is -2.32. The summed E-state index contributed by atoms with van der Waals surface area (Å²) in [4.78, 5) is 4.10. The molecule has 0 radical (unpaired) electrons. The van der Waals surface area contributed by atoms with E-state index in [4.69, 9.17) is 9.47 Å². The summed E-state index contributed by atoms with van der Waals surface area (Å²) < 4.78 is 13.0. The SMILES string of the molecule is Brc1cncc(OCC2CCC3(CCCCC3)O2)c1. The van der Waals surface area contributed by atoms with Gasteiger partial charge in [0.05, 0.1) is 17.9 Å². The lowest BCUT2D eigenvalue weighted by molar-refractivity contribution is -0.0748. The van der Waals surface area contributed by atoms with Crippen LogP contribution in [0, 0.1) is 0 Å². The van der Waals surface area contributed by atoms with Crippen LogP contribution in [0.5, 0.6) is 5.75 Å². The molecule has 3 rings (SSSR count). The van der Waals surface area contributed by atoms with Gasteiger partial charge in [0.1, 0.15) is 12.4 Å². The van der Waals surface area contributed by atoms with Crippen LogP contribution in [0.3, 0.4) is 0 Å². The number of ether oxygens (including phenoxy) is 2. The molecule has 4 heteroatoms. The summed E-state index contributed by atoms with van der Waals surface area (Å²) in [5.74, 6) is 0.808. The van der Waals surface area contributed by atoms with E-state index < -0.39 is 0 Å². The first kappa shape index (κ1) is 13.4. The normalized spacial score (nSPS) is 25.6. The van der Waals surface area contributed by atoms with Gasteiger partial charge in [-0.3, -0.25) is 4.98 Å². The molecule has 1 atom stereocenters. The monoisotopic (exact) mass is 325 g/mol. The predicted molar refractivity (Wildman–Crippen MR) is 77.4 cm³/mol. The molecule has 0 N–H and O–H groups in total. The third-order valence-electron chi connectivity index (χ3n) is 4.22. The van der Waals surface area contributed by atoms with E-state index in [-0.39, 0.29) is 11.7 Å². The highest BCUT2D eigenvalue weighted by Crippen LogP contribution is 2.41. The molecule has 1 saturated carbocycles. The highest BCUT2D eigenvalue weighted by Gasteiger charge is 2.40. The van der Waals surface area contributed by atoms with Crippen molar-refractivity contribution in [3.05, 3.63) is 22.9 Å². The molecule has 1 aliphatic heterocycles. The topological polar surface area (TPSA) is 31.4 Å². The van der Waals surface area contributed by atoms with Gasteiger partial charge in [0.25, 0.3) is 0 Å². The zero-order valence-corrected chi connectivity index (χ0v) is 12.7. The molecule has 1 unspecified atom stereocenters. The zero-order valence-electron chi connectivity index (χ0n) is 11.1. The number of pyridine rings is 1. The molecule has 1 aliphatic carbocycles. The Morgan fingerprint density at radius 2 is 2.11 bits per heavy atom. The summed E-state index contributed by atoms with van der Waals surface area (Å²) in [5.41, 5.74) is 0.182. The molecule has 1 saturated heterocycles. The quantitative estimate of drug-likeness (QED) is 0.838. The first-order valence-electron chi connectivity index (χ1n) is 7.17. The van der Waals surface area contributed by atoms with Gasteiger partial charge < -0.3 is 9.47 Å². The number of nitrogens with zero attached hydrogens (tertiary/aromatic N) is 1. The molecule has 2 fully saturated rings. The Labute approximate surface area is 122 Å². The Bertz CT molecular complexity index is 432.